The lowest BCUT2D eigenvalue weighted by Crippen LogP contribution is -2.51. The zero-order valence-electron chi connectivity index (χ0n) is 16.1. The summed E-state index contributed by atoms with van der Waals surface area (Å²) < 4.78 is 1.88. The van der Waals surface area contributed by atoms with Crippen molar-refractivity contribution in [2.75, 3.05) is 31.1 Å². The molecule has 0 aromatic carbocycles. The van der Waals surface area contributed by atoms with Crippen LogP contribution >= 0.6 is 0 Å². The van der Waals surface area contributed by atoms with Crippen molar-refractivity contribution in [3.63, 3.8) is 0 Å². The summed E-state index contributed by atoms with van der Waals surface area (Å²) in [5, 5.41) is 11.4. The van der Waals surface area contributed by atoms with E-state index in [1.54, 1.807) is 0 Å². The van der Waals surface area contributed by atoms with Crippen molar-refractivity contribution in [3.05, 3.63) is 12.4 Å². The van der Waals surface area contributed by atoms with Crippen molar-refractivity contribution < 1.29 is 0 Å². The number of aryl methyl sites for hydroxylation is 1. The Balaban J connectivity index is 1.59. The van der Waals surface area contributed by atoms with Gasteiger partial charge in [0.05, 0.1) is 11.9 Å². The molecule has 6 heteroatoms. The van der Waals surface area contributed by atoms with Gasteiger partial charge in [0.2, 0.25) is 0 Å². The Morgan fingerprint density at radius 1 is 1.36 bits per heavy atom. The minimum absolute atomic E-state index is 0.399. The first-order chi connectivity index (χ1) is 12.1. The summed E-state index contributed by atoms with van der Waals surface area (Å²) in [6.07, 6.45) is 11.8. The lowest BCUT2D eigenvalue weighted by atomic mass is 9.89. The zero-order chi connectivity index (χ0) is 17.7. The molecule has 1 aromatic heterocycles. The van der Waals surface area contributed by atoms with Crippen molar-refractivity contribution in [3.8, 4) is 0 Å². The first-order valence-electron chi connectivity index (χ1n) is 9.86. The zero-order valence-corrected chi connectivity index (χ0v) is 16.1. The maximum atomic E-state index is 4.92. The maximum Gasteiger partial charge on any atom is 0.191 e. The molecule has 2 aliphatic rings. The van der Waals surface area contributed by atoms with Crippen LogP contribution < -0.4 is 15.5 Å². The van der Waals surface area contributed by atoms with Gasteiger partial charge in [0.15, 0.2) is 5.96 Å². The number of hydrogen-bond donors (Lipinski definition) is 2. The number of rotatable bonds is 5. The topological polar surface area (TPSA) is 57.5 Å². The van der Waals surface area contributed by atoms with Crippen molar-refractivity contribution in [2.24, 2.45) is 17.5 Å². The Hall–Kier alpha value is -1.72. The lowest BCUT2D eigenvalue weighted by molar-refractivity contribution is 0.349. The van der Waals surface area contributed by atoms with E-state index in [1.807, 2.05) is 17.9 Å². The maximum absolute atomic E-state index is 4.92. The van der Waals surface area contributed by atoms with E-state index in [0.29, 0.717) is 11.5 Å². The van der Waals surface area contributed by atoms with E-state index >= 15 is 0 Å². The second kappa shape index (κ2) is 8.11. The molecule has 6 nitrogen and oxygen atoms in total. The van der Waals surface area contributed by atoms with Crippen LogP contribution in [0.5, 0.6) is 0 Å². The van der Waals surface area contributed by atoms with Gasteiger partial charge < -0.3 is 15.5 Å². The average molecular weight is 347 g/mol. The Bertz CT molecular complexity index is 572. The largest absolute Gasteiger partial charge is 0.367 e. The SMILES string of the molecule is CCNC(=NCC1(C)CCCC1)NC1CCCN(c2cnn(C)c2)C1. The monoisotopic (exact) mass is 346 g/mol. The van der Waals surface area contributed by atoms with E-state index in [0.717, 1.165) is 32.1 Å². The summed E-state index contributed by atoms with van der Waals surface area (Å²) in [6, 6.07) is 0.433. The molecule has 1 saturated carbocycles. The third kappa shape index (κ3) is 4.89. The van der Waals surface area contributed by atoms with Gasteiger partial charge in [-0.05, 0) is 38.0 Å². The fraction of sp³-hybridized carbons (Fsp3) is 0.789. The summed E-state index contributed by atoms with van der Waals surface area (Å²) in [7, 11) is 1.97. The van der Waals surface area contributed by atoms with Crippen molar-refractivity contribution in [2.45, 2.75) is 58.4 Å². The van der Waals surface area contributed by atoms with Gasteiger partial charge >= 0.3 is 0 Å². The summed E-state index contributed by atoms with van der Waals surface area (Å²) in [4.78, 5) is 7.35. The highest BCUT2D eigenvalue weighted by Gasteiger charge is 2.28. The predicted molar refractivity (Wildman–Crippen MR) is 104 cm³/mol. The second-order valence-corrected chi connectivity index (χ2v) is 8.01. The number of nitrogens with zero attached hydrogens (tertiary/aromatic N) is 4. The van der Waals surface area contributed by atoms with E-state index in [1.165, 1.54) is 44.2 Å². The molecule has 25 heavy (non-hydrogen) atoms. The summed E-state index contributed by atoms with van der Waals surface area (Å²) in [5.41, 5.74) is 1.62. The van der Waals surface area contributed by atoms with Gasteiger partial charge in [0.25, 0.3) is 0 Å². The van der Waals surface area contributed by atoms with Gasteiger partial charge in [0, 0.05) is 45.5 Å². The Kier molecular flexibility index (Phi) is 5.86. The first-order valence-corrected chi connectivity index (χ1v) is 9.86. The van der Waals surface area contributed by atoms with Crippen molar-refractivity contribution in [1.82, 2.24) is 20.4 Å². The highest BCUT2D eigenvalue weighted by molar-refractivity contribution is 5.80. The van der Waals surface area contributed by atoms with E-state index in [-0.39, 0.29) is 0 Å². The van der Waals surface area contributed by atoms with E-state index in [9.17, 15) is 0 Å². The minimum atomic E-state index is 0.399. The molecule has 0 amide bonds. The minimum Gasteiger partial charge on any atom is -0.367 e. The van der Waals surface area contributed by atoms with Crippen LogP contribution in [-0.2, 0) is 7.05 Å². The quantitative estimate of drug-likeness (QED) is 0.635. The van der Waals surface area contributed by atoms with Gasteiger partial charge in [0.1, 0.15) is 0 Å². The normalized spacial score (nSPS) is 23.7. The van der Waals surface area contributed by atoms with Crippen molar-refractivity contribution in [1.29, 1.82) is 0 Å². The van der Waals surface area contributed by atoms with Gasteiger partial charge in [-0.2, -0.15) is 5.10 Å². The van der Waals surface area contributed by atoms with Crippen LogP contribution in [0.2, 0.25) is 0 Å². The molecule has 2 fully saturated rings. The molecule has 1 aromatic rings. The molecule has 1 atom stereocenters. The van der Waals surface area contributed by atoms with Crippen LogP contribution in [0.4, 0.5) is 5.69 Å². The predicted octanol–water partition coefficient (Wildman–Crippen LogP) is 2.52. The summed E-state index contributed by atoms with van der Waals surface area (Å²) in [6.45, 7) is 8.47. The number of guanidine groups is 1. The standard InChI is InChI=1S/C19H34N6/c1-4-20-18(21-15-19(2)9-5-6-10-19)23-16-8-7-11-25(13-16)17-12-22-24(3)14-17/h12,14,16H,4-11,13,15H2,1-3H3,(H2,20,21,23). The number of piperidine rings is 1. The molecule has 1 aliphatic carbocycles. The molecule has 2 N–H and O–H groups in total. The molecular formula is C19H34N6. The van der Waals surface area contributed by atoms with Gasteiger partial charge in [-0.3, -0.25) is 9.67 Å². The Labute approximate surface area is 152 Å². The molecule has 3 rings (SSSR count). The van der Waals surface area contributed by atoms with Crippen LogP contribution in [-0.4, -0.2) is 48.0 Å². The third-order valence-corrected chi connectivity index (χ3v) is 5.59. The Morgan fingerprint density at radius 3 is 2.84 bits per heavy atom. The highest BCUT2D eigenvalue weighted by atomic mass is 15.3. The Morgan fingerprint density at radius 2 is 2.16 bits per heavy atom. The van der Waals surface area contributed by atoms with Gasteiger partial charge in [-0.1, -0.05) is 19.8 Å². The number of nitrogens with one attached hydrogen (secondary N) is 2. The van der Waals surface area contributed by atoms with Gasteiger partial charge in [-0.15, -0.1) is 0 Å². The molecule has 1 saturated heterocycles. The van der Waals surface area contributed by atoms with E-state index in [2.05, 4.69) is 40.7 Å². The molecule has 0 spiro atoms. The van der Waals surface area contributed by atoms with E-state index < -0.39 is 0 Å². The number of aliphatic imine (C=N–C) groups is 1. The number of anilines is 1. The molecule has 2 heterocycles. The number of aromatic nitrogens is 2. The highest BCUT2D eigenvalue weighted by Crippen LogP contribution is 2.37. The second-order valence-electron chi connectivity index (χ2n) is 8.01. The molecule has 0 radical (unpaired) electrons. The van der Waals surface area contributed by atoms with Crippen LogP contribution in [0.25, 0.3) is 0 Å². The third-order valence-electron chi connectivity index (χ3n) is 5.59. The van der Waals surface area contributed by atoms with E-state index in [4.69, 9.17) is 4.99 Å². The number of hydrogen-bond acceptors (Lipinski definition) is 3. The van der Waals surface area contributed by atoms with Gasteiger partial charge in [-0.25, -0.2) is 0 Å². The van der Waals surface area contributed by atoms with Crippen LogP contribution in [0.15, 0.2) is 17.4 Å². The molecule has 1 aliphatic heterocycles. The van der Waals surface area contributed by atoms with Crippen LogP contribution in [0.1, 0.15) is 52.4 Å². The fourth-order valence-corrected chi connectivity index (χ4v) is 4.07. The fourth-order valence-electron chi connectivity index (χ4n) is 4.07. The first kappa shape index (κ1) is 18.1. The molecule has 140 valence electrons. The summed E-state index contributed by atoms with van der Waals surface area (Å²) >= 11 is 0. The van der Waals surface area contributed by atoms with Crippen LogP contribution in [0, 0.1) is 5.41 Å². The molecule has 1 unspecified atom stereocenters. The molecule has 0 bridgehead atoms. The van der Waals surface area contributed by atoms with Crippen molar-refractivity contribution >= 4 is 11.6 Å². The molecular weight excluding hydrogens is 312 g/mol. The summed E-state index contributed by atoms with van der Waals surface area (Å²) in [5.74, 6) is 0.980. The van der Waals surface area contributed by atoms with Crippen LogP contribution in [0.3, 0.4) is 0 Å². The average Bonchev–Trinajstić information content (AvgIpc) is 3.22. The lowest BCUT2D eigenvalue weighted by Gasteiger charge is -2.34. The smallest absolute Gasteiger partial charge is 0.191 e.